The summed E-state index contributed by atoms with van der Waals surface area (Å²) in [4.78, 5) is 0. The maximum absolute atomic E-state index is 5.79. The normalized spacial score (nSPS) is 43.9. The molecule has 1 spiro atoms. The highest BCUT2D eigenvalue weighted by Gasteiger charge is 2.56. The molecular formula is C6H11OS4+. The molecule has 1 nitrogen and oxygen atoms in total. The van der Waals surface area contributed by atoms with E-state index in [1.165, 1.54) is 17.3 Å². The number of hydrogen-bond acceptors (Lipinski definition) is 4. The van der Waals surface area contributed by atoms with Crippen LogP contribution in [-0.4, -0.2) is 32.5 Å². The van der Waals surface area contributed by atoms with Crippen LogP contribution in [0, 0.1) is 0 Å². The summed E-state index contributed by atoms with van der Waals surface area (Å²) >= 11 is 8.35. The topological polar surface area (TPSA) is 9.23 Å². The van der Waals surface area contributed by atoms with E-state index in [-0.39, 0.29) is 3.60 Å². The predicted octanol–water partition coefficient (Wildman–Crippen LogP) is 1.61. The SMILES string of the molecule is SC[S+]1CCSC12OCCS2. The monoisotopic (exact) mass is 227 g/mol. The zero-order valence-corrected chi connectivity index (χ0v) is 9.46. The molecular weight excluding hydrogens is 216 g/mol. The van der Waals surface area contributed by atoms with E-state index >= 15 is 0 Å². The van der Waals surface area contributed by atoms with Gasteiger partial charge >= 0.3 is 3.60 Å². The average Bonchev–Trinajstić information content (AvgIpc) is 2.62. The number of ether oxygens (including phenoxy) is 1. The first kappa shape index (κ1) is 8.94. The molecule has 0 bridgehead atoms. The van der Waals surface area contributed by atoms with Gasteiger partial charge in [-0.25, -0.2) is 0 Å². The largest absolute Gasteiger partial charge is 0.326 e. The molecule has 2 heterocycles. The Kier molecular flexibility index (Phi) is 2.94. The van der Waals surface area contributed by atoms with Gasteiger partial charge in [-0.1, -0.05) is 23.5 Å². The summed E-state index contributed by atoms with van der Waals surface area (Å²) in [6.07, 6.45) is 0. The molecule has 0 aromatic heterocycles. The van der Waals surface area contributed by atoms with Crippen LogP contribution in [0.5, 0.6) is 0 Å². The molecule has 2 aliphatic rings. The molecule has 2 saturated heterocycles. The van der Waals surface area contributed by atoms with Crippen LogP contribution in [0.1, 0.15) is 0 Å². The number of hydrogen-bond donors (Lipinski definition) is 1. The Bertz CT molecular complexity index is 140. The van der Waals surface area contributed by atoms with Crippen molar-refractivity contribution >= 4 is 47.0 Å². The van der Waals surface area contributed by atoms with Gasteiger partial charge in [-0.05, 0) is 0 Å². The Morgan fingerprint density at radius 1 is 1.45 bits per heavy atom. The van der Waals surface area contributed by atoms with Crippen LogP contribution in [0.2, 0.25) is 0 Å². The summed E-state index contributed by atoms with van der Waals surface area (Å²) in [7, 11) is 0.400. The molecule has 2 aliphatic heterocycles. The number of thioether (sulfide) groups is 2. The van der Waals surface area contributed by atoms with Gasteiger partial charge in [0.15, 0.2) is 5.08 Å². The fourth-order valence-electron chi connectivity index (χ4n) is 1.24. The smallest absolute Gasteiger partial charge is 0.313 e. The van der Waals surface area contributed by atoms with E-state index in [0.717, 1.165) is 11.7 Å². The van der Waals surface area contributed by atoms with Crippen molar-refractivity contribution in [2.24, 2.45) is 0 Å². The minimum Gasteiger partial charge on any atom is -0.313 e. The van der Waals surface area contributed by atoms with Crippen LogP contribution in [-0.2, 0) is 15.6 Å². The molecule has 64 valence electrons. The molecule has 0 aliphatic carbocycles. The second-order valence-electron chi connectivity index (χ2n) is 2.37. The second kappa shape index (κ2) is 3.62. The third-order valence-corrected chi connectivity index (χ3v) is 9.34. The van der Waals surface area contributed by atoms with Crippen molar-refractivity contribution in [3.05, 3.63) is 0 Å². The molecule has 0 amide bonds. The van der Waals surface area contributed by atoms with Crippen LogP contribution in [0.25, 0.3) is 0 Å². The third-order valence-electron chi connectivity index (χ3n) is 1.76. The van der Waals surface area contributed by atoms with E-state index < -0.39 is 0 Å². The first-order valence-corrected chi connectivity index (χ1v) is 7.74. The average molecular weight is 227 g/mol. The standard InChI is InChI=1S/C6H10OS4/c8-5-11-4-3-10-6(11)7-1-2-9-6/h1-5H2/p+1. The molecule has 0 saturated carbocycles. The van der Waals surface area contributed by atoms with Crippen molar-refractivity contribution in [1.82, 2.24) is 0 Å². The predicted molar refractivity (Wildman–Crippen MR) is 59.7 cm³/mol. The van der Waals surface area contributed by atoms with E-state index in [1.807, 2.05) is 23.5 Å². The van der Waals surface area contributed by atoms with Crippen molar-refractivity contribution < 1.29 is 4.74 Å². The van der Waals surface area contributed by atoms with E-state index in [4.69, 9.17) is 4.74 Å². The van der Waals surface area contributed by atoms with E-state index in [2.05, 4.69) is 12.6 Å². The third kappa shape index (κ3) is 1.55. The van der Waals surface area contributed by atoms with Crippen molar-refractivity contribution in [1.29, 1.82) is 0 Å². The van der Waals surface area contributed by atoms with Crippen molar-refractivity contribution in [2.45, 2.75) is 3.60 Å². The van der Waals surface area contributed by atoms with Crippen molar-refractivity contribution in [3.8, 4) is 0 Å². The van der Waals surface area contributed by atoms with Gasteiger partial charge in [-0.15, -0.1) is 12.6 Å². The fraction of sp³-hybridized carbons (Fsp3) is 1.00. The van der Waals surface area contributed by atoms with Gasteiger partial charge in [0.2, 0.25) is 0 Å². The summed E-state index contributed by atoms with van der Waals surface area (Å²) in [6.45, 7) is 0.939. The minimum atomic E-state index is 0.141. The van der Waals surface area contributed by atoms with Crippen LogP contribution in [0.15, 0.2) is 0 Å². The molecule has 0 radical (unpaired) electrons. The maximum atomic E-state index is 5.79. The quantitative estimate of drug-likeness (QED) is 0.539. The maximum Gasteiger partial charge on any atom is 0.326 e. The zero-order chi connectivity index (χ0) is 7.73. The lowest BCUT2D eigenvalue weighted by Gasteiger charge is -2.17. The van der Waals surface area contributed by atoms with Crippen molar-refractivity contribution in [2.75, 3.05) is 29.0 Å². The highest BCUT2D eigenvalue weighted by molar-refractivity contribution is 8.35. The molecule has 11 heavy (non-hydrogen) atoms. The summed E-state index contributed by atoms with van der Waals surface area (Å²) in [5.74, 6) is 3.74. The lowest BCUT2D eigenvalue weighted by Crippen LogP contribution is -2.28. The highest BCUT2D eigenvalue weighted by atomic mass is 32.3. The highest BCUT2D eigenvalue weighted by Crippen LogP contribution is 2.52. The second-order valence-corrected chi connectivity index (χ2v) is 8.69. The Balaban J connectivity index is 2.09. The lowest BCUT2D eigenvalue weighted by atomic mass is 10.9. The zero-order valence-electron chi connectivity index (χ0n) is 6.12. The molecule has 2 rings (SSSR count). The Morgan fingerprint density at radius 3 is 2.91 bits per heavy atom. The molecule has 2 fully saturated rings. The first-order valence-electron chi connectivity index (χ1n) is 3.58. The first-order chi connectivity index (χ1) is 5.37. The number of thiol groups is 1. The van der Waals surface area contributed by atoms with E-state index in [9.17, 15) is 0 Å². The molecule has 5 heteroatoms. The van der Waals surface area contributed by atoms with Gasteiger partial charge in [0, 0.05) is 11.5 Å². The van der Waals surface area contributed by atoms with Gasteiger partial charge in [-0.2, -0.15) is 0 Å². The van der Waals surface area contributed by atoms with Gasteiger partial charge in [0.05, 0.1) is 17.5 Å². The minimum absolute atomic E-state index is 0.141. The summed E-state index contributed by atoms with van der Waals surface area (Å²) in [5, 5.41) is 1.00. The van der Waals surface area contributed by atoms with Crippen LogP contribution in [0.4, 0.5) is 0 Å². The van der Waals surface area contributed by atoms with E-state index in [1.54, 1.807) is 0 Å². The van der Waals surface area contributed by atoms with Crippen molar-refractivity contribution in [3.63, 3.8) is 0 Å². The summed E-state index contributed by atoms with van der Waals surface area (Å²) in [5.41, 5.74) is 0. The molecule has 0 aromatic carbocycles. The molecule has 0 N–H and O–H groups in total. The molecule has 2 atom stereocenters. The molecule has 0 aromatic rings. The van der Waals surface area contributed by atoms with Crippen LogP contribution in [0.3, 0.4) is 0 Å². The van der Waals surface area contributed by atoms with Gasteiger partial charge in [0.1, 0.15) is 5.75 Å². The van der Waals surface area contributed by atoms with Crippen LogP contribution < -0.4 is 0 Å². The Labute approximate surface area is 84.2 Å². The summed E-state index contributed by atoms with van der Waals surface area (Å²) < 4.78 is 5.93. The number of rotatable bonds is 1. The fourth-order valence-corrected chi connectivity index (χ4v) is 9.15. The van der Waals surface area contributed by atoms with Gasteiger partial charge in [-0.3, -0.25) is 0 Å². The van der Waals surface area contributed by atoms with Gasteiger partial charge < -0.3 is 4.74 Å². The van der Waals surface area contributed by atoms with Crippen LogP contribution >= 0.6 is 36.2 Å². The Hall–Kier alpha value is 1.36. The lowest BCUT2D eigenvalue weighted by molar-refractivity contribution is 0.176. The van der Waals surface area contributed by atoms with E-state index in [0.29, 0.717) is 10.9 Å². The summed E-state index contributed by atoms with van der Waals surface area (Å²) in [6, 6.07) is 0. The van der Waals surface area contributed by atoms with Gasteiger partial charge in [0.25, 0.3) is 0 Å². The molecule has 2 unspecified atom stereocenters. The Morgan fingerprint density at radius 2 is 2.27 bits per heavy atom.